The van der Waals surface area contributed by atoms with Crippen LogP contribution < -0.4 is 16.4 Å². The second-order valence-corrected chi connectivity index (χ2v) is 5.02. The number of rotatable bonds is 4. The van der Waals surface area contributed by atoms with E-state index in [1.54, 1.807) is 0 Å². The van der Waals surface area contributed by atoms with Crippen LogP contribution in [0.2, 0.25) is 0 Å². The van der Waals surface area contributed by atoms with Gasteiger partial charge in [0.1, 0.15) is 0 Å². The third kappa shape index (κ3) is 3.77. The van der Waals surface area contributed by atoms with Crippen molar-refractivity contribution < 1.29 is 9.59 Å². The Morgan fingerprint density at radius 1 is 1.31 bits per heavy atom. The molecular weight excluding hydrogens is 226 g/mol. The molecule has 0 heterocycles. The summed E-state index contributed by atoms with van der Waals surface area (Å²) in [5.41, 5.74) is 5.37. The van der Waals surface area contributed by atoms with E-state index in [4.69, 9.17) is 5.73 Å². The highest BCUT2D eigenvalue weighted by molar-refractivity contribution is 7.80. The first kappa shape index (κ1) is 12.9. The molecule has 90 valence electrons. The van der Waals surface area contributed by atoms with E-state index in [0.717, 1.165) is 12.8 Å². The minimum absolute atomic E-state index is 0.0544. The molecule has 0 bridgehead atoms. The van der Waals surface area contributed by atoms with Crippen LogP contribution >= 0.6 is 12.2 Å². The SMILES string of the molecule is CC1(CNC(=O)C(=O)NCC(N)=S)CCC1. The molecule has 2 amide bonds. The summed E-state index contributed by atoms with van der Waals surface area (Å²) in [7, 11) is 0. The first-order valence-electron chi connectivity index (χ1n) is 5.27. The van der Waals surface area contributed by atoms with Crippen molar-refractivity contribution >= 4 is 29.0 Å². The van der Waals surface area contributed by atoms with Crippen LogP contribution in [-0.2, 0) is 9.59 Å². The average Bonchev–Trinajstić information content (AvgIpc) is 2.19. The minimum atomic E-state index is -0.685. The molecule has 5 nitrogen and oxygen atoms in total. The molecule has 0 unspecified atom stereocenters. The standard InChI is InChI=1S/C10H17N3O2S/c1-10(3-2-4-10)6-13-9(15)8(14)12-5-7(11)16/h2-6H2,1H3,(H2,11,16)(H,12,14)(H,13,15). The number of hydrogen-bond donors (Lipinski definition) is 3. The summed E-state index contributed by atoms with van der Waals surface area (Å²) in [6, 6.07) is 0. The summed E-state index contributed by atoms with van der Waals surface area (Å²) in [6.07, 6.45) is 3.39. The fourth-order valence-electron chi connectivity index (χ4n) is 1.58. The molecule has 0 aliphatic heterocycles. The van der Waals surface area contributed by atoms with Crippen molar-refractivity contribution in [2.45, 2.75) is 26.2 Å². The van der Waals surface area contributed by atoms with Crippen molar-refractivity contribution in [1.29, 1.82) is 0 Å². The molecule has 0 spiro atoms. The normalized spacial score (nSPS) is 17.1. The lowest BCUT2D eigenvalue weighted by molar-refractivity contribution is -0.139. The smallest absolute Gasteiger partial charge is 0.309 e. The Hall–Kier alpha value is -1.17. The van der Waals surface area contributed by atoms with E-state index < -0.39 is 11.8 Å². The van der Waals surface area contributed by atoms with Crippen molar-refractivity contribution in [3.8, 4) is 0 Å². The van der Waals surface area contributed by atoms with Crippen LogP contribution in [0.4, 0.5) is 0 Å². The molecule has 1 aliphatic rings. The fraction of sp³-hybridized carbons (Fsp3) is 0.700. The van der Waals surface area contributed by atoms with Gasteiger partial charge in [-0.3, -0.25) is 9.59 Å². The number of nitrogens with two attached hydrogens (primary N) is 1. The molecule has 16 heavy (non-hydrogen) atoms. The predicted molar refractivity (Wildman–Crippen MR) is 64.8 cm³/mol. The van der Waals surface area contributed by atoms with Gasteiger partial charge in [0.2, 0.25) is 0 Å². The third-order valence-corrected chi connectivity index (χ3v) is 3.01. The minimum Gasteiger partial charge on any atom is -0.392 e. The van der Waals surface area contributed by atoms with E-state index in [1.165, 1.54) is 6.42 Å². The van der Waals surface area contributed by atoms with Crippen molar-refractivity contribution in [2.24, 2.45) is 11.1 Å². The Balaban J connectivity index is 2.23. The highest BCUT2D eigenvalue weighted by Gasteiger charge is 2.32. The van der Waals surface area contributed by atoms with Crippen LogP contribution in [0.3, 0.4) is 0 Å². The molecule has 0 saturated heterocycles. The van der Waals surface area contributed by atoms with Crippen LogP contribution in [0, 0.1) is 5.41 Å². The maximum absolute atomic E-state index is 11.3. The van der Waals surface area contributed by atoms with Gasteiger partial charge < -0.3 is 16.4 Å². The number of carbonyl (C=O) groups is 2. The molecule has 6 heteroatoms. The second kappa shape index (κ2) is 5.25. The first-order chi connectivity index (χ1) is 7.43. The van der Waals surface area contributed by atoms with Crippen LogP contribution in [0.15, 0.2) is 0 Å². The van der Waals surface area contributed by atoms with Gasteiger partial charge in [-0.05, 0) is 18.3 Å². The summed E-state index contributed by atoms with van der Waals surface area (Å²) < 4.78 is 0. The Morgan fingerprint density at radius 3 is 2.31 bits per heavy atom. The molecule has 0 aromatic heterocycles. The highest BCUT2D eigenvalue weighted by atomic mass is 32.1. The summed E-state index contributed by atoms with van der Waals surface area (Å²) in [5.74, 6) is -1.31. The van der Waals surface area contributed by atoms with Crippen molar-refractivity contribution in [3.05, 3.63) is 0 Å². The first-order valence-corrected chi connectivity index (χ1v) is 5.68. The molecule has 1 aliphatic carbocycles. The molecule has 4 N–H and O–H groups in total. The largest absolute Gasteiger partial charge is 0.392 e. The van der Waals surface area contributed by atoms with Crippen LogP contribution in [-0.4, -0.2) is 29.9 Å². The Bertz CT molecular complexity index is 313. The van der Waals surface area contributed by atoms with Crippen molar-refractivity contribution in [2.75, 3.05) is 13.1 Å². The van der Waals surface area contributed by atoms with Gasteiger partial charge in [0.05, 0.1) is 11.5 Å². The Kier molecular flexibility index (Phi) is 4.23. The molecule has 0 aromatic rings. The quantitative estimate of drug-likeness (QED) is 0.467. The second-order valence-electron chi connectivity index (χ2n) is 4.50. The predicted octanol–water partition coefficient (Wildman–Crippen LogP) is -0.305. The molecule has 1 fully saturated rings. The van der Waals surface area contributed by atoms with Crippen molar-refractivity contribution in [1.82, 2.24) is 10.6 Å². The lowest BCUT2D eigenvalue weighted by Gasteiger charge is -2.38. The number of carbonyl (C=O) groups excluding carboxylic acids is 2. The molecule has 0 radical (unpaired) electrons. The van der Waals surface area contributed by atoms with Crippen LogP contribution in [0.1, 0.15) is 26.2 Å². The van der Waals surface area contributed by atoms with Gasteiger partial charge in [-0.1, -0.05) is 25.6 Å². The Morgan fingerprint density at radius 2 is 1.88 bits per heavy atom. The molecule has 0 aromatic carbocycles. The molecule has 1 saturated carbocycles. The van der Waals surface area contributed by atoms with E-state index >= 15 is 0 Å². The van der Waals surface area contributed by atoms with E-state index in [2.05, 4.69) is 29.8 Å². The number of thiocarbonyl (C=S) groups is 1. The summed E-state index contributed by atoms with van der Waals surface area (Å²) >= 11 is 4.58. The van der Waals surface area contributed by atoms with Gasteiger partial charge in [0, 0.05) is 6.54 Å². The number of nitrogens with one attached hydrogen (secondary N) is 2. The van der Waals surface area contributed by atoms with Crippen molar-refractivity contribution in [3.63, 3.8) is 0 Å². The lowest BCUT2D eigenvalue weighted by Crippen LogP contribution is -2.47. The third-order valence-electron chi connectivity index (χ3n) is 2.87. The number of hydrogen-bond acceptors (Lipinski definition) is 3. The van der Waals surface area contributed by atoms with Gasteiger partial charge in [0.25, 0.3) is 0 Å². The zero-order valence-electron chi connectivity index (χ0n) is 9.34. The average molecular weight is 243 g/mol. The fourth-order valence-corrected chi connectivity index (χ4v) is 1.65. The summed E-state index contributed by atoms with van der Waals surface area (Å²) in [4.78, 5) is 22.7. The monoisotopic (exact) mass is 243 g/mol. The van der Waals surface area contributed by atoms with Crippen LogP contribution in [0.5, 0.6) is 0 Å². The van der Waals surface area contributed by atoms with Gasteiger partial charge in [0.15, 0.2) is 0 Å². The zero-order valence-corrected chi connectivity index (χ0v) is 10.2. The van der Waals surface area contributed by atoms with E-state index in [-0.39, 0.29) is 16.9 Å². The Labute approximate surface area is 100 Å². The van der Waals surface area contributed by atoms with Gasteiger partial charge >= 0.3 is 11.8 Å². The van der Waals surface area contributed by atoms with Gasteiger partial charge in [-0.15, -0.1) is 0 Å². The van der Waals surface area contributed by atoms with E-state index in [1.807, 2.05) is 0 Å². The van der Waals surface area contributed by atoms with Gasteiger partial charge in [-0.2, -0.15) is 0 Å². The summed E-state index contributed by atoms with van der Waals surface area (Å²) in [6.45, 7) is 2.70. The number of amides is 2. The lowest BCUT2D eigenvalue weighted by atomic mass is 9.70. The molecular formula is C10H17N3O2S. The molecule has 0 atom stereocenters. The highest BCUT2D eigenvalue weighted by Crippen LogP contribution is 2.39. The zero-order chi connectivity index (χ0) is 12.2. The maximum Gasteiger partial charge on any atom is 0.309 e. The molecule has 1 rings (SSSR count). The maximum atomic E-state index is 11.3. The van der Waals surface area contributed by atoms with E-state index in [9.17, 15) is 9.59 Å². The van der Waals surface area contributed by atoms with E-state index in [0.29, 0.717) is 6.54 Å². The topological polar surface area (TPSA) is 84.2 Å². The van der Waals surface area contributed by atoms with Crippen LogP contribution in [0.25, 0.3) is 0 Å². The van der Waals surface area contributed by atoms with Gasteiger partial charge in [-0.25, -0.2) is 0 Å². The summed E-state index contributed by atoms with van der Waals surface area (Å²) in [5, 5.41) is 4.95.